The van der Waals surface area contributed by atoms with Crippen molar-refractivity contribution in [2.75, 3.05) is 17.9 Å². The molecule has 0 atom stereocenters. The molecule has 0 amide bonds. The smallest absolute Gasteiger partial charge is 0.316 e. The van der Waals surface area contributed by atoms with Gasteiger partial charge in [-0.3, -0.25) is 4.72 Å². The van der Waals surface area contributed by atoms with Crippen LogP contribution in [0, 0.1) is 0 Å². The lowest BCUT2D eigenvalue weighted by Gasteiger charge is -2.17. The first-order chi connectivity index (χ1) is 16.4. The first kappa shape index (κ1) is 24.8. The summed E-state index contributed by atoms with van der Waals surface area (Å²) in [6.07, 6.45) is 8.08. The van der Waals surface area contributed by atoms with Crippen molar-refractivity contribution >= 4 is 47.9 Å². The summed E-state index contributed by atoms with van der Waals surface area (Å²) in [5.74, 6) is 0.339. The number of nitrogens with zero attached hydrogens (tertiary/aromatic N) is 4. The van der Waals surface area contributed by atoms with E-state index in [2.05, 4.69) is 61.2 Å². The Morgan fingerprint density at radius 3 is 2.29 bits per heavy atom. The minimum Gasteiger partial charge on any atom is -0.473 e. The third-order valence-corrected chi connectivity index (χ3v) is 7.05. The van der Waals surface area contributed by atoms with Crippen LogP contribution in [0.25, 0.3) is 11.1 Å². The standard InChI is InChI=1S/C21H22Br2N6O4S/c22-15-7-5-14(6-8-15)18-19(29-34(30,31)28-17-3-1-2-4-17)26-13-27-20(18)32-9-10-33-21-24-11-16(23)12-25-21/h5-8,11-13,17,28H,1-4,9-10H2,(H,26,27,29). The van der Waals surface area contributed by atoms with Crippen LogP contribution in [0.15, 0.2) is 51.9 Å². The molecule has 1 saturated carbocycles. The number of hydrogen-bond acceptors (Lipinski definition) is 8. The quantitative estimate of drug-likeness (QED) is 0.327. The van der Waals surface area contributed by atoms with Gasteiger partial charge in [0.15, 0.2) is 5.82 Å². The van der Waals surface area contributed by atoms with Crippen LogP contribution in [0.4, 0.5) is 5.82 Å². The van der Waals surface area contributed by atoms with Gasteiger partial charge >= 0.3 is 16.2 Å². The Balaban J connectivity index is 1.53. The molecule has 1 fully saturated rings. The zero-order valence-electron chi connectivity index (χ0n) is 17.9. The van der Waals surface area contributed by atoms with Crippen molar-refractivity contribution in [1.82, 2.24) is 24.7 Å². The number of halogens is 2. The molecule has 2 heterocycles. The maximum atomic E-state index is 12.8. The van der Waals surface area contributed by atoms with Crippen molar-refractivity contribution < 1.29 is 17.9 Å². The first-order valence-electron chi connectivity index (χ1n) is 10.5. The molecule has 1 aliphatic carbocycles. The van der Waals surface area contributed by atoms with Crippen LogP contribution in [-0.4, -0.2) is 47.6 Å². The Morgan fingerprint density at radius 1 is 0.912 bits per heavy atom. The second-order valence-corrected chi connectivity index (χ2v) is 10.8. The number of nitrogens with one attached hydrogen (secondary N) is 2. The molecule has 0 saturated heterocycles. The van der Waals surface area contributed by atoms with E-state index >= 15 is 0 Å². The molecule has 0 aliphatic heterocycles. The molecule has 13 heteroatoms. The summed E-state index contributed by atoms with van der Waals surface area (Å²) >= 11 is 6.68. The highest BCUT2D eigenvalue weighted by molar-refractivity contribution is 9.10. The van der Waals surface area contributed by atoms with Gasteiger partial charge in [0.05, 0.1) is 10.0 Å². The van der Waals surface area contributed by atoms with Crippen molar-refractivity contribution in [3.8, 4) is 23.0 Å². The lowest BCUT2D eigenvalue weighted by atomic mass is 10.1. The Morgan fingerprint density at radius 2 is 1.59 bits per heavy atom. The Bertz CT molecular complexity index is 1210. The van der Waals surface area contributed by atoms with Gasteiger partial charge in [0.1, 0.15) is 19.5 Å². The van der Waals surface area contributed by atoms with Crippen molar-refractivity contribution in [2.45, 2.75) is 31.7 Å². The number of anilines is 1. The molecule has 10 nitrogen and oxygen atoms in total. The van der Waals surface area contributed by atoms with E-state index in [0.29, 0.717) is 11.1 Å². The van der Waals surface area contributed by atoms with Crippen molar-refractivity contribution in [2.24, 2.45) is 0 Å². The maximum absolute atomic E-state index is 12.8. The fourth-order valence-corrected chi connectivity index (χ4v) is 5.11. The SMILES string of the molecule is O=S(=O)(Nc1ncnc(OCCOc2ncc(Br)cn2)c1-c1ccc(Br)cc1)NC1CCCC1. The third kappa shape index (κ3) is 6.84. The predicted molar refractivity (Wildman–Crippen MR) is 134 cm³/mol. The fourth-order valence-electron chi connectivity index (χ4n) is 3.50. The molecule has 2 N–H and O–H groups in total. The van der Waals surface area contributed by atoms with E-state index < -0.39 is 10.2 Å². The summed E-state index contributed by atoms with van der Waals surface area (Å²) in [7, 11) is -3.84. The molecule has 3 aromatic rings. The number of rotatable bonds is 10. The van der Waals surface area contributed by atoms with E-state index in [1.807, 2.05) is 24.3 Å². The van der Waals surface area contributed by atoms with E-state index in [-0.39, 0.29) is 37.0 Å². The summed E-state index contributed by atoms with van der Waals surface area (Å²) < 4.78 is 43.8. The summed E-state index contributed by atoms with van der Waals surface area (Å²) in [5, 5.41) is 0. The van der Waals surface area contributed by atoms with Gasteiger partial charge in [-0.2, -0.15) is 13.1 Å². The molecule has 0 spiro atoms. The van der Waals surface area contributed by atoms with E-state index in [9.17, 15) is 8.42 Å². The first-order valence-corrected chi connectivity index (χ1v) is 13.6. The molecular weight excluding hydrogens is 592 g/mol. The van der Waals surface area contributed by atoms with Crippen LogP contribution in [0.2, 0.25) is 0 Å². The van der Waals surface area contributed by atoms with Crippen LogP contribution in [0.1, 0.15) is 25.7 Å². The van der Waals surface area contributed by atoms with Gasteiger partial charge in [-0.1, -0.05) is 40.9 Å². The van der Waals surface area contributed by atoms with E-state index in [1.54, 1.807) is 12.4 Å². The molecule has 180 valence electrons. The minimum absolute atomic E-state index is 0.0795. The number of hydrogen-bond donors (Lipinski definition) is 2. The topological polar surface area (TPSA) is 128 Å². The van der Waals surface area contributed by atoms with Crippen LogP contribution >= 0.6 is 31.9 Å². The lowest BCUT2D eigenvalue weighted by Crippen LogP contribution is -2.37. The average molecular weight is 614 g/mol. The molecule has 0 bridgehead atoms. The number of ether oxygens (including phenoxy) is 2. The zero-order valence-corrected chi connectivity index (χ0v) is 21.9. The molecule has 4 rings (SSSR count). The monoisotopic (exact) mass is 612 g/mol. The molecule has 0 unspecified atom stereocenters. The second-order valence-electron chi connectivity index (χ2n) is 7.49. The third-order valence-electron chi connectivity index (χ3n) is 5.00. The van der Waals surface area contributed by atoms with E-state index in [4.69, 9.17) is 9.47 Å². The lowest BCUT2D eigenvalue weighted by molar-refractivity contribution is 0.202. The normalized spacial score (nSPS) is 14.2. The largest absolute Gasteiger partial charge is 0.473 e. The highest BCUT2D eigenvalue weighted by Crippen LogP contribution is 2.35. The highest BCUT2D eigenvalue weighted by Gasteiger charge is 2.24. The molecule has 0 radical (unpaired) electrons. The van der Waals surface area contributed by atoms with Crippen molar-refractivity contribution in [3.63, 3.8) is 0 Å². The molecule has 2 aromatic heterocycles. The number of aromatic nitrogens is 4. The zero-order chi connectivity index (χ0) is 24.0. The van der Waals surface area contributed by atoms with Gasteiger partial charge in [0, 0.05) is 22.9 Å². The predicted octanol–water partition coefficient (Wildman–Crippen LogP) is 4.11. The van der Waals surface area contributed by atoms with E-state index in [1.165, 1.54) is 6.33 Å². The summed E-state index contributed by atoms with van der Waals surface area (Å²) in [6, 6.07) is 7.47. The van der Waals surface area contributed by atoms with Gasteiger partial charge in [-0.05, 0) is 46.5 Å². The fraction of sp³-hybridized carbons (Fsp3) is 0.333. The summed E-state index contributed by atoms with van der Waals surface area (Å²) in [6.45, 7) is 0.294. The second kappa shape index (κ2) is 11.4. The highest BCUT2D eigenvalue weighted by atomic mass is 79.9. The van der Waals surface area contributed by atoms with Crippen LogP contribution in [0.3, 0.4) is 0 Å². The molecule has 34 heavy (non-hydrogen) atoms. The van der Waals surface area contributed by atoms with Gasteiger partial charge in [0.2, 0.25) is 5.88 Å². The average Bonchev–Trinajstić information content (AvgIpc) is 3.31. The van der Waals surface area contributed by atoms with Crippen LogP contribution in [-0.2, 0) is 10.2 Å². The summed E-state index contributed by atoms with van der Waals surface area (Å²) in [5.41, 5.74) is 1.11. The van der Waals surface area contributed by atoms with E-state index in [0.717, 1.165) is 34.6 Å². The minimum atomic E-state index is -3.84. The van der Waals surface area contributed by atoms with Crippen LogP contribution < -0.4 is 18.9 Å². The van der Waals surface area contributed by atoms with Crippen LogP contribution in [0.5, 0.6) is 11.9 Å². The Labute approximate surface area is 214 Å². The van der Waals surface area contributed by atoms with Gasteiger partial charge in [-0.15, -0.1) is 0 Å². The Hall–Kier alpha value is -2.35. The Kier molecular flexibility index (Phi) is 8.29. The van der Waals surface area contributed by atoms with Gasteiger partial charge in [-0.25, -0.2) is 19.9 Å². The van der Waals surface area contributed by atoms with Crippen molar-refractivity contribution in [3.05, 3.63) is 51.9 Å². The summed E-state index contributed by atoms with van der Waals surface area (Å²) in [4.78, 5) is 16.5. The molecular formula is C21H22Br2N6O4S. The van der Waals surface area contributed by atoms with Gasteiger partial charge in [0.25, 0.3) is 0 Å². The van der Waals surface area contributed by atoms with Crippen molar-refractivity contribution in [1.29, 1.82) is 0 Å². The number of benzene rings is 1. The van der Waals surface area contributed by atoms with Gasteiger partial charge < -0.3 is 9.47 Å². The molecule has 1 aliphatic rings. The maximum Gasteiger partial charge on any atom is 0.316 e. The molecule has 1 aromatic carbocycles.